The van der Waals surface area contributed by atoms with Crippen molar-refractivity contribution in [2.45, 2.75) is 51.5 Å². The number of benzene rings is 3. The van der Waals surface area contributed by atoms with E-state index in [2.05, 4.69) is 10.4 Å². The predicted molar refractivity (Wildman–Crippen MR) is 148 cm³/mol. The van der Waals surface area contributed by atoms with Crippen molar-refractivity contribution in [3.8, 4) is 11.1 Å². The van der Waals surface area contributed by atoms with Crippen molar-refractivity contribution in [3.63, 3.8) is 0 Å². The Morgan fingerprint density at radius 2 is 1.61 bits per heavy atom. The van der Waals surface area contributed by atoms with Gasteiger partial charge in [0.1, 0.15) is 5.67 Å². The molecule has 0 bridgehead atoms. The van der Waals surface area contributed by atoms with Gasteiger partial charge >= 0.3 is 12.1 Å². The first-order valence-electron chi connectivity index (χ1n) is 13.2. The van der Waals surface area contributed by atoms with Gasteiger partial charge < -0.3 is 10.1 Å². The minimum atomic E-state index is -4.41. The molecule has 0 aliphatic heterocycles. The van der Waals surface area contributed by atoms with Crippen LogP contribution in [0.15, 0.2) is 72.9 Å². The Labute approximate surface area is 235 Å². The third-order valence-corrected chi connectivity index (χ3v) is 6.59. The molecule has 1 amide bonds. The van der Waals surface area contributed by atoms with Crippen LogP contribution >= 0.6 is 0 Å². The SMILES string of the molecule is CCOC(=O)CCNC(=O)c1ccc(C(CC(C)(C)F)n2ncc3cc(-c4ccc(C(F)(F)F)cc4)ccc32)cc1. The molecule has 1 heterocycles. The molecular weight excluding hydrogens is 538 g/mol. The second kappa shape index (κ2) is 12.1. The van der Waals surface area contributed by atoms with Crippen LogP contribution in [-0.4, -0.2) is 40.5 Å². The summed E-state index contributed by atoms with van der Waals surface area (Å²) in [6.07, 6.45) is -2.59. The smallest absolute Gasteiger partial charge is 0.416 e. The Bertz CT molecular complexity index is 1510. The maximum absolute atomic E-state index is 15.0. The number of hydrogen-bond acceptors (Lipinski definition) is 4. The van der Waals surface area contributed by atoms with Gasteiger partial charge in [0.05, 0.1) is 36.3 Å². The number of alkyl halides is 4. The summed E-state index contributed by atoms with van der Waals surface area (Å²) in [6.45, 7) is 5.10. The summed E-state index contributed by atoms with van der Waals surface area (Å²) >= 11 is 0. The molecule has 41 heavy (non-hydrogen) atoms. The van der Waals surface area contributed by atoms with Gasteiger partial charge in [-0.2, -0.15) is 18.3 Å². The fourth-order valence-electron chi connectivity index (χ4n) is 4.61. The molecule has 0 radical (unpaired) electrons. The van der Waals surface area contributed by atoms with E-state index in [4.69, 9.17) is 4.74 Å². The van der Waals surface area contributed by atoms with E-state index in [0.717, 1.165) is 34.2 Å². The lowest BCUT2D eigenvalue weighted by Crippen LogP contribution is -2.26. The molecule has 216 valence electrons. The molecule has 1 N–H and O–H groups in total. The first-order valence-corrected chi connectivity index (χ1v) is 13.2. The largest absolute Gasteiger partial charge is 0.466 e. The Hall–Kier alpha value is -4.21. The number of aromatic nitrogens is 2. The summed E-state index contributed by atoms with van der Waals surface area (Å²) in [7, 11) is 0. The molecule has 10 heteroatoms. The topological polar surface area (TPSA) is 73.2 Å². The van der Waals surface area contributed by atoms with Gasteiger partial charge in [-0.1, -0.05) is 30.3 Å². The number of carbonyl (C=O) groups is 2. The van der Waals surface area contributed by atoms with Gasteiger partial charge in [-0.05, 0) is 73.9 Å². The van der Waals surface area contributed by atoms with Gasteiger partial charge in [-0.3, -0.25) is 14.3 Å². The maximum atomic E-state index is 15.0. The predicted octanol–water partition coefficient (Wildman–Crippen LogP) is 7.13. The lowest BCUT2D eigenvalue weighted by Gasteiger charge is -2.25. The minimum Gasteiger partial charge on any atom is -0.466 e. The van der Waals surface area contributed by atoms with Crippen LogP contribution in [0, 0.1) is 0 Å². The lowest BCUT2D eigenvalue weighted by atomic mass is 9.94. The third kappa shape index (κ3) is 7.50. The number of halogens is 4. The Morgan fingerprint density at radius 3 is 2.22 bits per heavy atom. The van der Waals surface area contributed by atoms with Gasteiger partial charge in [-0.15, -0.1) is 0 Å². The molecule has 0 saturated heterocycles. The second-order valence-corrected chi connectivity index (χ2v) is 10.3. The van der Waals surface area contributed by atoms with E-state index < -0.39 is 29.4 Å². The number of amides is 1. The van der Waals surface area contributed by atoms with Crippen LogP contribution in [-0.2, 0) is 15.7 Å². The van der Waals surface area contributed by atoms with Crippen LogP contribution in [0.25, 0.3) is 22.0 Å². The molecule has 1 atom stereocenters. The van der Waals surface area contributed by atoms with Crippen molar-refractivity contribution in [2.75, 3.05) is 13.2 Å². The fraction of sp³-hybridized carbons (Fsp3) is 0.323. The highest BCUT2D eigenvalue weighted by atomic mass is 19.4. The Morgan fingerprint density at radius 1 is 0.951 bits per heavy atom. The molecule has 0 aliphatic rings. The third-order valence-electron chi connectivity index (χ3n) is 6.59. The average Bonchev–Trinajstić information content (AvgIpc) is 3.34. The Balaban J connectivity index is 1.57. The van der Waals surface area contributed by atoms with Crippen LogP contribution in [0.1, 0.15) is 61.1 Å². The summed E-state index contributed by atoms with van der Waals surface area (Å²) in [4.78, 5) is 24.0. The molecule has 0 saturated carbocycles. The van der Waals surface area contributed by atoms with Gasteiger partial charge in [-0.25, -0.2) is 4.39 Å². The molecule has 0 spiro atoms. The van der Waals surface area contributed by atoms with Crippen LogP contribution in [0.4, 0.5) is 17.6 Å². The summed E-state index contributed by atoms with van der Waals surface area (Å²) in [5.74, 6) is -0.735. The molecule has 1 aromatic heterocycles. The summed E-state index contributed by atoms with van der Waals surface area (Å²) in [6, 6.07) is 16.7. The van der Waals surface area contributed by atoms with Crippen molar-refractivity contribution in [3.05, 3.63) is 89.6 Å². The standard InChI is InChI=1S/C31H31F4N3O3/c1-4-41-28(39)15-16-36-29(40)22-7-5-21(6-8-22)27(18-30(2,3)32)38-26-14-11-23(17-24(26)19-37-38)20-9-12-25(13-10-20)31(33,34)35/h5-14,17,19,27H,4,15-16,18H2,1-3H3,(H,36,40). The van der Waals surface area contributed by atoms with E-state index in [1.165, 1.54) is 26.0 Å². The summed E-state index contributed by atoms with van der Waals surface area (Å²) in [5.41, 5.74) is 0.976. The zero-order valence-electron chi connectivity index (χ0n) is 23.0. The first-order chi connectivity index (χ1) is 19.4. The first kappa shape index (κ1) is 29.8. The number of rotatable bonds is 10. The monoisotopic (exact) mass is 569 g/mol. The number of fused-ring (bicyclic) bond motifs is 1. The number of nitrogens with zero attached hydrogens (tertiary/aromatic N) is 2. The van der Waals surface area contributed by atoms with Gasteiger partial charge in [0, 0.05) is 23.9 Å². The van der Waals surface area contributed by atoms with Crippen molar-refractivity contribution in [1.82, 2.24) is 15.1 Å². The van der Waals surface area contributed by atoms with Crippen LogP contribution in [0.5, 0.6) is 0 Å². The minimum absolute atomic E-state index is 0.0677. The number of ether oxygens (including phenoxy) is 1. The average molecular weight is 570 g/mol. The van der Waals surface area contributed by atoms with E-state index in [9.17, 15) is 27.2 Å². The molecule has 4 aromatic rings. The molecule has 1 unspecified atom stereocenters. The molecule has 0 aliphatic carbocycles. The van der Waals surface area contributed by atoms with E-state index >= 15 is 0 Å². The zero-order chi connectivity index (χ0) is 29.8. The fourth-order valence-corrected chi connectivity index (χ4v) is 4.61. The molecule has 6 nitrogen and oxygen atoms in total. The number of hydrogen-bond donors (Lipinski definition) is 1. The highest BCUT2D eigenvalue weighted by Crippen LogP contribution is 2.35. The van der Waals surface area contributed by atoms with Crippen LogP contribution in [0.2, 0.25) is 0 Å². The molecule has 3 aromatic carbocycles. The van der Waals surface area contributed by atoms with Crippen molar-refractivity contribution in [2.24, 2.45) is 0 Å². The van der Waals surface area contributed by atoms with Crippen LogP contribution in [0.3, 0.4) is 0 Å². The van der Waals surface area contributed by atoms with Crippen LogP contribution < -0.4 is 5.32 Å². The lowest BCUT2D eigenvalue weighted by molar-refractivity contribution is -0.143. The molecule has 0 fully saturated rings. The van der Waals surface area contributed by atoms with Gasteiger partial charge in [0.15, 0.2) is 0 Å². The molecular formula is C31H31F4N3O3. The summed E-state index contributed by atoms with van der Waals surface area (Å²) in [5, 5.41) is 7.98. The van der Waals surface area contributed by atoms with Crippen molar-refractivity contribution < 1.29 is 31.9 Å². The normalized spacial score (nSPS) is 12.8. The number of esters is 1. The van der Waals surface area contributed by atoms with E-state index in [1.54, 1.807) is 48.1 Å². The van der Waals surface area contributed by atoms with Crippen molar-refractivity contribution in [1.29, 1.82) is 0 Å². The van der Waals surface area contributed by atoms with Gasteiger partial charge in [0.2, 0.25) is 0 Å². The summed E-state index contributed by atoms with van der Waals surface area (Å²) < 4.78 is 60.4. The van der Waals surface area contributed by atoms with E-state index in [-0.39, 0.29) is 31.9 Å². The van der Waals surface area contributed by atoms with Crippen molar-refractivity contribution >= 4 is 22.8 Å². The molecule has 4 rings (SSSR count). The highest BCUT2D eigenvalue weighted by molar-refractivity contribution is 5.94. The quantitative estimate of drug-likeness (QED) is 0.163. The maximum Gasteiger partial charge on any atom is 0.416 e. The number of carbonyl (C=O) groups excluding carboxylic acids is 2. The zero-order valence-corrected chi connectivity index (χ0v) is 23.0. The van der Waals surface area contributed by atoms with E-state index in [1.807, 2.05) is 12.1 Å². The van der Waals surface area contributed by atoms with E-state index in [0.29, 0.717) is 11.1 Å². The Kier molecular flexibility index (Phi) is 8.80. The van der Waals surface area contributed by atoms with Gasteiger partial charge in [0.25, 0.3) is 5.91 Å². The second-order valence-electron chi connectivity index (χ2n) is 10.3. The number of nitrogens with one attached hydrogen (secondary N) is 1. The highest BCUT2D eigenvalue weighted by Gasteiger charge is 2.30.